The van der Waals surface area contributed by atoms with Crippen molar-refractivity contribution >= 4 is 25.8 Å². The number of carbonyl (C=O) groups excluding carboxylic acids is 3. The number of allylic oxidation sites excluding steroid dienone is 15. The van der Waals surface area contributed by atoms with Gasteiger partial charge in [0.25, 0.3) is 5.91 Å². The van der Waals surface area contributed by atoms with E-state index in [0.717, 1.165) is 12.8 Å². The fourth-order valence-corrected chi connectivity index (χ4v) is 6.45. The van der Waals surface area contributed by atoms with E-state index in [2.05, 4.69) is 64.7 Å². The molecule has 1 aliphatic carbocycles. The standard InChI is InChI=1S/C39H52N2O7Si/c1-27-34(36(45)30(25-42)40(27)5)32(43)23-15-11-9-13-19-28-21-17-18-22-29(28)20-14-10-12-16-24-33(44)35-37(46)31(41(6)38(35)47)26-48-49(7,8)39(2,3)4/h9-16,18-20,22-24,28-31,42-44H,1,17,21,25-26H2,2-8H3/b11-9+,12-10+,19-13+,20-14+,23-15+,24-16+,34-32+,35-33+/t28-,29-,30+,31+/m1/s1. The smallest absolute Gasteiger partial charge is 0.261 e. The third-order valence-electron chi connectivity index (χ3n) is 9.76. The highest BCUT2D eigenvalue weighted by molar-refractivity contribution is 6.74. The van der Waals surface area contributed by atoms with E-state index in [-0.39, 0.29) is 52.6 Å². The molecule has 4 atom stereocenters. The van der Waals surface area contributed by atoms with E-state index in [4.69, 9.17) is 4.43 Å². The van der Waals surface area contributed by atoms with Crippen LogP contribution in [0.2, 0.25) is 18.1 Å². The monoisotopic (exact) mass is 688 g/mol. The van der Waals surface area contributed by atoms with Crippen LogP contribution in [-0.4, -0.2) is 90.3 Å². The van der Waals surface area contributed by atoms with Crippen molar-refractivity contribution < 1.29 is 34.1 Å². The molecule has 49 heavy (non-hydrogen) atoms. The number of Topliss-reactive ketones (excluding diaryl/α,β-unsaturated/α-hetero) is 2. The molecule has 2 aliphatic heterocycles. The zero-order valence-corrected chi connectivity index (χ0v) is 30.8. The number of amides is 1. The lowest BCUT2D eigenvalue weighted by Crippen LogP contribution is -2.45. The van der Waals surface area contributed by atoms with Gasteiger partial charge in [0.2, 0.25) is 0 Å². The Hall–Kier alpha value is -4.25. The first kappa shape index (κ1) is 39.2. The minimum absolute atomic E-state index is 0.0335. The number of nitrogens with zero attached hydrogens (tertiary/aromatic N) is 2. The first-order valence-corrected chi connectivity index (χ1v) is 19.5. The highest BCUT2D eigenvalue weighted by Gasteiger charge is 2.45. The maximum absolute atomic E-state index is 13.1. The molecule has 0 aromatic carbocycles. The summed E-state index contributed by atoms with van der Waals surface area (Å²) < 4.78 is 6.19. The molecule has 2 saturated heterocycles. The molecule has 3 rings (SSSR count). The number of hydrogen-bond donors (Lipinski definition) is 3. The largest absolute Gasteiger partial charge is 0.507 e. The third-order valence-corrected chi connectivity index (χ3v) is 14.3. The van der Waals surface area contributed by atoms with Crippen LogP contribution in [0.3, 0.4) is 0 Å². The number of hydrogen-bond acceptors (Lipinski definition) is 8. The zero-order chi connectivity index (χ0) is 36.5. The van der Waals surface area contributed by atoms with Crippen molar-refractivity contribution in [1.29, 1.82) is 0 Å². The van der Waals surface area contributed by atoms with Gasteiger partial charge in [0, 0.05) is 25.7 Å². The summed E-state index contributed by atoms with van der Waals surface area (Å²) in [6, 6.07) is -1.48. The molecule has 0 unspecified atom stereocenters. The summed E-state index contributed by atoms with van der Waals surface area (Å²) in [4.78, 5) is 41.2. The Kier molecular flexibility index (Phi) is 13.5. The van der Waals surface area contributed by atoms with Crippen LogP contribution >= 0.6 is 0 Å². The van der Waals surface area contributed by atoms with Crippen molar-refractivity contribution in [2.45, 2.75) is 63.8 Å². The molecular weight excluding hydrogens is 637 g/mol. The van der Waals surface area contributed by atoms with Gasteiger partial charge in [0.1, 0.15) is 29.2 Å². The van der Waals surface area contributed by atoms with Crippen molar-refractivity contribution in [3.63, 3.8) is 0 Å². The van der Waals surface area contributed by atoms with Gasteiger partial charge in [-0.2, -0.15) is 0 Å². The highest BCUT2D eigenvalue weighted by Crippen LogP contribution is 2.37. The molecule has 0 aromatic heterocycles. The number of likely N-dealkylation sites (N-methyl/N-ethyl adjacent to an activating group) is 2. The van der Waals surface area contributed by atoms with Crippen molar-refractivity contribution in [2.75, 3.05) is 27.3 Å². The summed E-state index contributed by atoms with van der Waals surface area (Å²) in [5.41, 5.74) is 0.278. The van der Waals surface area contributed by atoms with Gasteiger partial charge >= 0.3 is 0 Å². The second-order valence-corrected chi connectivity index (χ2v) is 18.8. The third kappa shape index (κ3) is 9.47. The molecular formula is C39H52N2O7Si. The van der Waals surface area contributed by atoms with Crippen molar-refractivity contribution in [2.24, 2.45) is 11.8 Å². The van der Waals surface area contributed by atoms with Crippen LogP contribution in [0.1, 0.15) is 33.6 Å². The first-order valence-electron chi connectivity index (χ1n) is 16.6. The Bertz CT molecular complexity index is 1560. The van der Waals surface area contributed by atoms with Crippen LogP contribution in [-0.2, 0) is 18.8 Å². The molecule has 0 aromatic rings. The van der Waals surface area contributed by atoms with E-state index in [9.17, 15) is 29.7 Å². The molecule has 3 aliphatic rings. The van der Waals surface area contributed by atoms with Crippen molar-refractivity contribution in [3.8, 4) is 0 Å². The van der Waals surface area contributed by atoms with E-state index >= 15 is 0 Å². The molecule has 0 bridgehead atoms. The first-order chi connectivity index (χ1) is 23.0. The fourth-order valence-electron chi connectivity index (χ4n) is 5.45. The predicted molar refractivity (Wildman–Crippen MR) is 197 cm³/mol. The normalized spacial score (nSPS) is 26.6. The molecule has 1 amide bonds. The summed E-state index contributed by atoms with van der Waals surface area (Å²) in [6.45, 7) is 14.1. The van der Waals surface area contributed by atoms with Crippen LogP contribution in [0.25, 0.3) is 0 Å². The average molecular weight is 689 g/mol. The number of rotatable bonds is 12. The van der Waals surface area contributed by atoms with E-state index in [1.807, 2.05) is 24.3 Å². The molecule has 0 spiro atoms. The molecule has 2 fully saturated rings. The minimum Gasteiger partial charge on any atom is -0.507 e. The Morgan fingerprint density at radius 1 is 0.878 bits per heavy atom. The van der Waals surface area contributed by atoms with Gasteiger partial charge in [0.15, 0.2) is 19.9 Å². The quantitative estimate of drug-likeness (QED) is 0.0541. The average Bonchev–Trinajstić information content (AvgIpc) is 3.39. The second-order valence-electron chi connectivity index (χ2n) is 14.0. The molecule has 3 N–H and O–H groups in total. The Morgan fingerprint density at radius 3 is 2.00 bits per heavy atom. The van der Waals surface area contributed by atoms with Gasteiger partial charge < -0.3 is 29.5 Å². The zero-order valence-electron chi connectivity index (χ0n) is 29.8. The SMILES string of the molecule is C=C1/C(=C(O)/C=C/C=C/C=C/[C@@H]2CCC=C[C@H]2/C=C/C=C/C=C/C(O)=C2/C(=O)[C@H](CO[Si](C)(C)C(C)(C)C)N(C)C2=O)C(=O)[C@H](CO)N1C. The van der Waals surface area contributed by atoms with Gasteiger partial charge in [-0.3, -0.25) is 14.4 Å². The Labute approximate surface area is 292 Å². The summed E-state index contributed by atoms with van der Waals surface area (Å²) in [6.07, 6.45) is 27.6. The van der Waals surface area contributed by atoms with Crippen LogP contribution < -0.4 is 0 Å². The molecule has 2 heterocycles. The van der Waals surface area contributed by atoms with Crippen molar-refractivity contribution in [1.82, 2.24) is 9.80 Å². The highest BCUT2D eigenvalue weighted by atomic mass is 28.4. The number of aliphatic hydroxyl groups is 3. The lowest BCUT2D eigenvalue weighted by Gasteiger charge is -2.37. The fraction of sp³-hybridized carbons (Fsp3) is 0.410. The lowest BCUT2D eigenvalue weighted by atomic mass is 9.83. The van der Waals surface area contributed by atoms with Crippen LogP contribution in [0, 0.1) is 11.8 Å². The number of carbonyl (C=O) groups is 3. The maximum Gasteiger partial charge on any atom is 0.261 e. The minimum atomic E-state index is -2.12. The molecule has 9 nitrogen and oxygen atoms in total. The summed E-state index contributed by atoms with van der Waals surface area (Å²) in [7, 11) is 1.09. The topological polar surface area (TPSA) is 128 Å². The van der Waals surface area contributed by atoms with Crippen LogP contribution in [0.4, 0.5) is 0 Å². The summed E-state index contributed by atoms with van der Waals surface area (Å²) >= 11 is 0. The molecule has 0 radical (unpaired) electrons. The summed E-state index contributed by atoms with van der Waals surface area (Å²) in [5.74, 6) is -1.36. The van der Waals surface area contributed by atoms with Crippen LogP contribution in [0.15, 0.2) is 120 Å². The maximum atomic E-state index is 13.1. The van der Waals surface area contributed by atoms with E-state index in [1.54, 1.807) is 43.3 Å². The second kappa shape index (κ2) is 16.9. The van der Waals surface area contributed by atoms with E-state index in [1.165, 1.54) is 17.1 Å². The van der Waals surface area contributed by atoms with Gasteiger partial charge in [-0.25, -0.2) is 0 Å². The van der Waals surface area contributed by atoms with Gasteiger partial charge in [0.05, 0.1) is 18.8 Å². The van der Waals surface area contributed by atoms with Crippen molar-refractivity contribution in [3.05, 3.63) is 120 Å². The molecule has 264 valence electrons. The van der Waals surface area contributed by atoms with Gasteiger partial charge in [-0.05, 0) is 49.0 Å². The number of aliphatic hydroxyl groups excluding tert-OH is 3. The summed E-state index contributed by atoms with van der Waals surface area (Å²) in [5, 5.41) is 30.4. The molecule has 10 heteroatoms. The Balaban J connectivity index is 1.56. The molecule has 0 saturated carbocycles. The Morgan fingerprint density at radius 2 is 1.43 bits per heavy atom. The van der Waals surface area contributed by atoms with E-state index in [0.29, 0.717) is 11.6 Å². The van der Waals surface area contributed by atoms with Crippen LogP contribution in [0.5, 0.6) is 0 Å². The lowest BCUT2D eigenvalue weighted by molar-refractivity contribution is -0.126. The van der Waals surface area contributed by atoms with Gasteiger partial charge in [-0.1, -0.05) is 100 Å². The number of likely N-dealkylation sites (tertiary alicyclic amines) is 2. The number of ketones is 2. The van der Waals surface area contributed by atoms with Gasteiger partial charge in [-0.15, -0.1) is 0 Å². The predicted octanol–water partition coefficient (Wildman–Crippen LogP) is 6.35. The van der Waals surface area contributed by atoms with E-state index < -0.39 is 32.1 Å².